The van der Waals surface area contributed by atoms with Gasteiger partial charge in [-0.1, -0.05) is 0 Å². The number of β-lactam (4-membered cyclic amide) rings is 1. The minimum Gasteiger partial charge on any atom is -0.477 e. The standard InChI is InChI=1S/C19H25N3O6S3/c1-9-5-31-16-12(15(24)22(16)13(9)17(25)26)20-14(23)11(10-6-29-8-30-7-10)21-18(27)28-19(2,3)4/h6,11-12,16H,5,7-8H2,1-4H3,(H,20,23)(H,21,27)(H,25,26). The predicted molar refractivity (Wildman–Crippen MR) is 122 cm³/mol. The van der Waals surface area contributed by atoms with Gasteiger partial charge in [-0.15, -0.1) is 35.3 Å². The van der Waals surface area contributed by atoms with Crippen molar-refractivity contribution in [2.75, 3.05) is 16.6 Å². The van der Waals surface area contributed by atoms with E-state index < -0.39 is 46.9 Å². The van der Waals surface area contributed by atoms with Crippen molar-refractivity contribution in [3.8, 4) is 0 Å². The number of nitrogens with one attached hydrogen (secondary N) is 2. The maximum Gasteiger partial charge on any atom is 0.408 e. The summed E-state index contributed by atoms with van der Waals surface area (Å²) in [4.78, 5) is 50.9. The second-order valence-electron chi connectivity index (χ2n) is 8.24. The van der Waals surface area contributed by atoms with E-state index in [0.29, 0.717) is 22.7 Å². The van der Waals surface area contributed by atoms with E-state index in [2.05, 4.69) is 10.6 Å². The molecule has 0 aromatic carbocycles. The minimum absolute atomic E-state index is 0.0227. The lowest BCUT2D eigenvalue weighted by Crippen LogP contribution is -2.71. The van der Waals surface area contributed by atoms with Crippen molar-refractivity contribution in [3.05, 3.63) is 22.3 Å². The molecule has 0 saturated carbocycles. The fourth-order valence-corrected chi connectivity index (χ4v) is 6.61. The van der Waals surface area contributed by atoms with E-state index in [1.807, 2.05) is 5.41 Å². The molecule has 3 N–H and O–H groups in total. The lowest BCUT2D eigenvalue weighted by Gasteiger charge is -2.49. The first-order valence-corrected chi connectivity index (χ1v) is 12.8. The van der Waals surface area contributed by atoms with Gasteiger partial charge in [0, 0.05) is 16.6 Å². The number of amides is 3. The topological polar surface area (TPSA) is 125 Å². The Morgan fingerprint density at radius 2 is 2.00 bits per heavy atom. The third-order valence-electron chi connectivity index (χ3n) is 4.61. The summed E-state index contributed by atoms with van der Waals surface area (Å²) >= 11 is 4.55. The molecular weight excluding hydrogens is 462 g/mol. The quantitative estimate of drug-likeness (QED) is 0.499. The first-order chi connectivity index (χ1) is 14.5. The molecular formula is C19H25N3O6S3. The Morgan fingerprint density at radius 1 is 1.29 bits per heavy atom. The zero-order valence-electron chi connectivity index (χ0n) is 17.6. The largest absolute Gasteiger partial charge is 0.477 e. The molecule has 0 spiro atoms. The summed E-state index contributed by atoms with van der Waals surface area (Å²) in [6.45, 7) is 6.86. The number of nitrogens with zero attached hydrogens (tertiary/aromatic N) is 1. The van der Waals surface area contributed by atoms with Gasteiger partial charge in [0.2, 0.25) is 5.91 Å². The third-order valence-corrected chi connectivity index (χ3v) is 8.25. The highest BCUT2D eigenvalue weighted by molar-refractivity contribution is 8.18. The molecule has 0 radical (unpaired) electrons. The summed E-state index contributed by atoms with van der Waals surface area (Å²) < 4.78 is 5.29. The maximum absolute atomic E-state index is 13.1. The number of fused-ring (bicyclic) bond motifs is 1. The SMILES string of the molecule is CC1=C(C(=O)O)N2C(=O)C(NC(=O)C(NC(=O)OC(C)(C)C)C3=CSCSC3)C2SC1. The van der Waals surface area contributed by atoms with Crippen molar-refractivity contribution in [2.45, 2.75) is 50.8 Å². The average molecular weight is 488 g/mol. The van der Waals surface area contributed by atoms with Gasteiger partial charge < -0.3 is 20.5 Å². The third kappa shape index (κ3) is 5.35. The summed E-state index contributed by atoms with van der Waals surface area (Å²) in [5.41, 5.74) is 0.575. The molecule has 3 amide bonds. The van der Waals surface area contributed by atoms with Crippen LogP contribution in [-0.2, 0) is 19.1 Å². The van der Waals surface area contributed by atoms with Crippen LogP contribution in [0.15, 0.2) is 22.3 Å². The van der Waals surface area contributed by atoms with Crippen LogP contribution in [0.3, 0.4) is 0 Å². The molecule has 170 valence electrons. The van der Waals surface area contributed by atoms with Gasteiger partial charge >= 0.3 is 12.1 Å². The number of hydrogen-bond acceptors (Lipinski definition) is 8. The molecule has 1 saturated heterocycles. The van der Waals surface area contributed by atoms with Gasteiger partial charge in [-0.2, -0.15) is 0 Å². The molecule has 0 aromatic heterocycles. The number of thioether (sulfide) groups is 3. The molecule has 3 aliphatic rings. The monoisotopic (exact) mass is 487 g/mol. The number of carbonyl (C=O) groups excluding carboxylic acids is 3. The number of ether oxygens (including phenoxy) is 1. The van der Waals surface area contributed by atoms with Crippen molar-refractivity contribution >= 4 is 59.2 Å². The Balaban J connectivity index is 1.74. The Bertz CT molecular complexity index is 866. The Labute approximate surface area is 193 Å². The zero-order valence-corrected chi connectivity index (χ0v) is 20.0. The highest BCUT2D eigenvalue weighted by Crippen LogP contribution is 2.40. The molecule has 9 nitrogen and oxygen atoms in total. The number of aliphatic carboxylic acids is 1. The molecule has 3 unspecified atom stereocenters. The van der Waals surface area contributed by atoms with Gasteiger partial charge in [0.25, 0.3) is 5.91 Å². The van der Waals surface area contributed by atoms with Crippen molar-refractivity contribution < 1.29 is 29.0 Å². The van der Waals surface area contributed by atoms with Crippen LogP contribution in [0.25, 0.3) is 0 Å². The fraction of sp³-hybridized carbons (Fsp3) is 0.579. The minimum atomic E-state index is -1.16. The highest BCUT2D eigenvalue weighted by atomic mass is 32.2. The van der Waals surface area contributed by atoms with Crippen molar-refractivity contribution in [1.29, 1.82) is 0 Å². The molecule has 3 heterocycles. The van der Waals surface area contributed by atoms with Gasteiger partial charge in [-0.25, -0.2) is 9.59 Å². The molecule has 1 fully saturated rings. The van der Waals surface area contributed by atoms with E-state index >= 15 is 0 Å². The van der Waals surface area contributed by atoms with E-state index in [0.717, 1.165) is 5.08 Å². The Kier molecular flexibility index (Phi) is 7.21. The Hall–Kier alpha value is -1.79. The molecule has 3 aliphatic heterocycles. The number of carboxylic acids is 1. The second kappa shape index (κ2) is 9.37. The van der Waals surface area contributed by atoms with Crippen LogP contribution in [0, 0.1) is 0 Å². The van der Waals surface area contributed by atoms with Crippen molar-refractivity contribution in [3.63, 3.8) is 0 Å². The highest BCUT2D eigenvalue weighted by Gasteiger charge is 2.54. The van der Waals surface area contributed by atoms with Gasteiger partial charge in [-0.3, -0.25) is 14.5 Å². The van der Waals surface area contributed by atoms with Crippen LogP contribution < -0.4 is 10.6 Å². The smallest absolute Gasteiger partial charge is 0.408 e. The van der Waals surface area contributed by atoms with Crippen LogP contribution >= 0.6 is 35.3 Å². The first-order valence-electron chi connectivity index (χ1n) is 9.55. The van der Waals surface area contributed by atoms with Gasteiger partial charge in [-0.05, 0) is 44.2 Å². The second-order valence-corrected chi connectivity index (χ2v) is 11.5. The summed E-state index contributed by atoms with van der Waals surface area (Å²) in [5, 5.41) is 17.0. The summed E-state index contributed by atoms with van der Waals surface area (Å²) in [6.07, 6.45) is -0.727. The number of carboxylic acid groups (broad SMARTS) is 1. The molecule has 0 aliphatic carbocycles. The van der Waals surface area contributed by atoms with E-state index in [1.54, 1.807) is 39.5 Å². The first kappa shape index (κ1) is 23.9. The van der Waals surface area contributed by atoms with Crippen LogP contribution in [0.2, 0.25) is 0 Å². The summed E-state index contributed by atoms with van der Waals surface area (Å²) in [5.74, 6) is -1.14. The number of alkyl carbamates (subject to hydrolysis) is 1. The lowest BCUT2D eigenvalue weighted by molar-refractivity contribution is -0.150. The van der Waals surface area contributed by atoms with Crippen LogP contribution in [0.5, 0.6) is 0 Å². The molecule has 31 heavy (non-hydrogen) atoms. The zero-order chi connectivity index (χ0) is 22.9. The predicted octanol–water partition coefficient (Wildman–Crippen LogP) is 1.96. The van der Waals surface area contributed by atoms with E-state index in [4.69, 9.17) is 4.74 Å². The van der Waals surface area contributed by atoms with Crippen LogP contribution in [0.4, 0.5) is 4.79 Å². The molecule has 3 rings (SSSR count). The van der Waals surface area contributed by atoms with E-state index in [1.165, 1.54) is 28.4 Å². The van der Waals surface area contributed by atoms with Crippen LogP contribution in [-0.4, -0.2) is 73.5 Å². The lowest BCUT2D eigenvalue weighted by atomic mass is 10.0. The maximum atomic E-state index is 13.1. The molecule has 12 heteroatoms. The Morgan fingerprint density at radius 3 is 2.58 bits per heavy atom. The van der Waals surface area contributed by atoms with Crippen molar-refractivity contribution in [1.82, 2.24) is 15.5 Å². The molecule has 3 atom stereocenters. The normalized spacial score (nSPS) is 24.5. The average Bonchev–Trinajstić information content (AvgIpc) is 2.69. The summed E-state index contributed by atoms with van der Waals surface area (Å²) in [7, 11) is 0. The summed E-state index contributed by atoms with van der Waals surface area (Å²) in [6, 6.07) is -1.84. The molecule has 0 bridgehead atoms. The van der Waals surface area contributed by atoms with Crippen LogP contribution in [0.1, 0.15) is 27.7 Å². The van der Waals surface area contributed by atoms with Gasteiger partial charge in [0.1, 0.15) is 28.8 Å². The number of carbonyl (C=O) groups is 4. The van der Waals surface area contributed by atoms with E-state index in [9.17, 15) is 24.3 Å². The number of hydrogen-bond donors (Lipinski definition) is 3. The van der Waals surface area contributed by atoms with Gasteiger partial charge in [0.15, 0.2) is 0 Å². The number of rotatable bonds is 5. The van der Waals surface area contributed by atoms with E-state index in [-0.39, 0.29) is 5.70 Å². The van der Waals surface area contributed by atoms with Crippen molar-refractivity contribution in [2.24, 2.45) is 0 Å². The van der Waals surface area contributed by atoms with Gasteiger partial charge in [0.05, 0.1) is 0 Å². The fourth-order valence-electron chi connectivity index (χ4n) is 3.30. The molecule has 0 aromatic rings.